The van der Waals surface area contributed by atoms with Crippen molar-refractivity contribution in [2.24, 2.45) is 5.92 Å². The number of ether oxygens (including phenoxy) is 1. The summed E-state index contributed by atoms with van der Waals surface area (Å²) in [6.07, 6.45) is 5.42. The van der Waals surface area contributed by atoms with Gasteiger partial charge in [0.25, 0.3) is 0 Å². The number of benzene rings is 1. The highest BCUT2D eigenvalue weighted by atomic mass is 32.1. The van der Waals surface area contributed by atoms with Crippen molar-refractivity contribution in [1.82, 2.24) is 21.1 Å². The van der Waals surface area contributed by atoms with Crippen LogP contribution >= 0.6 is 12.2 Å². The van der Waals surface area contributed by atoms with Crippen LogP contribution in [0.2, 0.25) is 0 Å². The standard InChI is InChI=1S/C20H29FN4O2S/c1-14(16-7-8-17(21)18(11-16)27-13-15-5-6-15)24-22-9-3-2-4-10-25-12-19(26)23-20(25)28/h7-8,11,14-15,22,24H,2-6,9-10,12-13H2,1H3,(H,23,26,28). The molecule has 2 aliphatic rings. The first-order valence-electron chi connectivity index (χ1n) is 10.0. The van der Waals surface area contributed by atoms with Crippen molar-refractivity contribution >= 4 is 23.2 Å². The lowest BCUT2D eigenvalue weighted by Crippen LogP contribution is -2.35. The van der Waals surface area contributed by atoms with E-state index in [4.69, 9.17) is 17.0 Å². The van der Waals surface area contributed by atoms with E-state index in [0.29, 0.717) is 29.9 Å². The van der Waals surface area contributed by atoms with E-state index >= 15 is 0 Å². The maximum atomic E-state index is 13.9. The quantitative estimate of drug-likeness (QED) is 0.281. The van der Waals surface area contributed by atoms with Crippen LogP contribution in [0.1, 0.15) is 50.6 Å². The SMILES string of the molecule is CC(NNCCCCCN1CC(=O)NC1=S)c1ccc(F)c(OCC2CC2)c1. The molecule has 2 fully saturated rings. The van der Waals surface area contributed by atoms with E-state index in [9.17, 15) is 9.18 Å². The second-order valence-corrected chi connectivity index (χ2v) is 7.96. The molecule has 1 saturated carbocycles. The predicted molar refractivity (Wildman–Crippen MR) is 110 cm³/mol. The highest BCUT2D eigenvalue weighted by molar-refractivity contribution is 7.80. The number of halogens is 1. The Bertz CT molecular complexity index is 699. The molecule has 1 aromatic rings. The van der Waals surface area contributed by atoms with Crippen LogP contribution in [0.5, 0.6) is 5.75 Å². The van der Waals surface area contributed by atoms with Gasteiger partial charge in [0, 0.05) is 19.1 Å². The molecule has 6 nitrogen and oxygen atoms in total. The Morgan fingerprint density at radius 1 is 1.36 bits per heavy atom. The van der Waals surface area contributed by atoms with Gasteiger partial charge in [-0.15, -0.1) is 0 Å². The Balaban J connectivity index is 1.29. The largest absolute Gasteiger partial charge is 0.490 e. The predicted octanol–water partition coefficient (Wildman–Crippen LogP) is 2.66. The molecule has 3 rings (SSSR count). The van der Waals surface area contributed by atoms with Gasteiger partial charge < -0.3 is 15.0 Å². The number of hydrogen-bond acceptors (Lipinski definition) is 5. The molecule has 1 unspecified atom stereocenters. The van der Waals surface area contributed by atoms with Gasteiger partial charge in [-0.25, -0.2) is 4.39 Å². The minimum atomic E-state index is -0.307. The average molecular weight is 409 g/mol. The topological polar surface area (TPSA) is 65.6 Å². The van der Waals surface area contributed by atoms with Crippen LogP contribution in [0, 0.1) is 11.7 Å². The van der Waals surface area contributed by atoms with Crippen molar-refractivity contribution in [3.8, 4) is 5.75 Å². The molecule has 0 bridgehead atoms. The number of nitrogens with zero attached hydrogens (tertiary/aromatic N) is 1. The fraction of sp³-hybridized carbons (Fsp3) is 0.600. The summed E-state index contributed by atoms with van der Waals surface area (Å²) in [4.78, 5) is 13.1. The summed E-state index contributed by atoms with van der Waals surface area (Å²) in [5, 5.41) is 3.18. The first kappa shape index (κ1) is 21.0. The maximum absolute atomic E-state index is 13.9. The molecule has 1 aromatic carbocycles. The van der Waals surface area contributed by atoms with Crippen LogP contribution in [0.3, 0.4) is 0 Å². The number of thiocarbonyl (C=S) groups is 1. The molecular formula is C20H29FN4O2S. The molecule has 1 amide bonds. The normalized spacial score (nSPS) is 17.7. The monoisotopic (exact) mass is 408 g/mol. The molecule has 1 atom stereocenters. The maximum Gasteiger partial charge on any atom is 0.245 e. The summed E-state index contributed by atoms with van der Waals surface area (Å²) in [7, 11) is 0. The van der Waals surface area contributed by atoms with E-state index in [-0.39, 0.29) is 17.8 Å². The van der Waals surface area contributed by atoms with Crippen LogP contribution in [-0.4, -0.2) is 42.2 Å². The molecule has 1 aliphatic heterocycles. The molecule has 154 valence electrons. The van der Waals surface area contributed by atoms with E-state index in [0.717, 1.165) is 37.9 Å². The number of amides is 1. The number of hydrazine groups is 1. The van der Waals surface area contributed by atoms with E-state index in [2.05, 4.69) is 16.2 Å². The smallest absolute Gasteiger partial charge is 0.245 e. The molecule has 1 heterocycles. The summed E-state index contributed by atoms with van der Waals surface area (Å²) < 4.78 is 19.5. The second-order valence-electron chi connectivity index (χ2n) is 7.57. The van der Waals surface area contributed by atoms with Gasteiger partial charge in [0.2, 0.25) is 5.91 Å². The Morgan fingerprint density at radius 3 is 2.89 bits per heavy atom. The summed E-state index contributed by atoms with van der Waals surface area (Å²) in [6, 6.07) is 5.08. The minimum Gasteiger partial charge on any atom is -0.490 e. The van der Waals surface area contributed by atoms with Crippen LogP contribution in [0.25, 0.3) is 0 Å². The molecule has 0 aromatic heterocycles. The zero-order chi connectivity index (χ0) is 19.9. The number of carbonyl (C=O) groups excluding carboxylic acids is 1. The van der Waals surface area contributed by atoms with Crippen LogP contribution < -0.4 is 20.9 Å². The lowest BCUT2D eigenvalue weighted by molar-refractivity contribution is -0.118. The Hall–Kier alpha value is -1.77. The van der Waals surface area contributed by atoms with Gasteiger partial charge in [-0.3, -0.25) is 15.6 Å². The van der Waals surface area contributed by atoms with E-state index < -0.39 is 0 Å². The molecule has 0 radical (unpaired) electrons. The summed E-state index contributed by atoms with van der Waals surface area (Å²) in [5.74, 6) is 0.606. The number of unbranched alkanes of at least 4 members (excludes halogenated alkanes) is 2. The van der Waals surface area contributed by atoms with Crippen molar-refractivity contribution in [2.75, 3.05) is 26.2 Å². The Labute approximate surface area is 171 Å². The molecule has 1 aliphatic carbocycles. The van der Waals surface area contributed by atoms with Crippen LogP contribution in [0.4, 0.5) is 4.39 Å². The van der Waals surface area contributed by atoms with Crippen molar-refractivity contribution in [3.63, 3.8) is 0 Å². The third-order valence-corrected chi connectivity index (χ3v) is 5.40. The third-order valence-electron chi connectivity index (χ3n) is 5.04. The van der Waals surface area contributed by atoms with Gasteiger partial charge in [0.1, 0.15) is 0 Å². The molecule has 0 spiro atoms. The van der Waals surface area contributed by atoms with Crippen molar-refractivity contribution in [3.05, 3.63) is 29.6 Å². The first-order valence-corrected chi connectivity index (χ1v) is 10.4. The van der Waals surface area contributed by atoms with Gasteiger partial charge in [-0.05, 0) is 68.4 Å². The van der Waals surface area contributed by atoms with Crippen LogP contribution in [-0.2, 0) is 4.79 Å². The minimum absolute atomic E-state index is 0.0215. The first-order chi connectivity index (χ1) is 13.5. The van der Waals surface area contributed by atoms with Gasteiger partial charge in [-0.2, -0.15) is 0 Å². The van der Waals surface area contributed by atoms with Gasteiger partial charge >= 0.3 is 0 Å². The average Bonchev–Trinajstić information content (AvgIpc) is 3.44. The van der Waals surface area contributed by atoms with Crippen LogP contribution in [0.15, 0.2) is 18.2 Å². The number of hydrogen-bond donors (Lipinski definition) is 3. The zero-order valence-corrected chi connectivity index (χ0v) is 17.1. The molecule has 28 heavy (non-hydrogen) atoms. The highest BCUT2D eigenvalue weighted by Gasteiger charge is 2.23. The van der Waals surface area contributed by atoms with Crippen molar-refractivity contribution in [1.29, 1.82) is 0 Å². The second kappa shape index (κ2) is 10.1. The number of carbonyl (C=O) groups is 1. The lowest BCUT2D eigenvalue weighted by atomic mass is 10.1. The fourth-order valence-corrected chi connectivity index (χ4v) is 3.33. The zero-order valence-electron chi connectivity index (χ0n) is 16.3. The fourth-order valence-electron chi connectivity index (χ4n) is 3.06. The lowest BCUT2D eigenvalue weighted by Gasteiger charge is -2.17. The Morgan fingerprint density at radius 2 is 2.18 bits per heavy atom. The van der Waals surface area contributed by atoms with Crippen molar-refractivity contribution in [2.45, 2.75) is 45.1 Å². The Kier molecular flexibility index (Phi) is 7.58. The van der Waals surface area contributed by atoms with Gasteiger partial charge in [0.15, 0.2) is 16.7 Å². The van der Waals surface area contributed by atoms with E-state index in [1.807, 2.05) is 11.8 Å². The summed E-state index contributed by atoms with van der Waals surface area (Å²) in [6.45, 7) is 4.65. The highest BCUT2D eigenvalue weighted by Crippen LogP contribution is 2.31. The van der Waals surface area contributed by atoms with Gasteiger partial charge in [0.05, 0.1) is 13.2 Å². The summed E-state index contributed by atoms with van der Waals surface area (Å²) >= 11 is 5.10. The van der Waals surface area contributed by atoms with E-state index in [1.165, 1.54) is 18.9 Å². The van der Waals surface area contributed by atoms with Crippen molar-refractivity contribution < 1.29 is 13.9 Å². The molecule has 1 saturated heterocycles. The molecule has 3 N–H and O–H groups in total. The molecule has 8 heteroatoms. The summed E-state index contributed by atoms with van der Waals surface area (Å²) in [5.41, 5.74) is 7.47. The number of rotatable bonds is 12. The third kappa shape index (κ3) is 6.39. The molecular weight excluding hydrogens is 379 g/mol. The van der Waals surface area contributed by atoms with E-state index in [1.54, 1.807) is 12.1 Å². The number of nitrogens with one attached hydrogen (secondary N) is 3. The van der Waals surface area contributed by atoms with Gasteiger partial charge in [-0.1, -0.05) is 12.5 Å².